The molecule has 1 atom stereocenters. The maximum absolute atomic E-state index is 12.8. The van der Waals surface area contributed by atoms with Gasteiger partial charge in [-0.05, 0) is 40.3 Å². The smallest absolute Gasteiger partial charge is 0.252 e. The van der Waals surface area contributed by atoms with Gasteiger partial charge >= 0.3 is 0 Å². The minimum Gasteiger partial charge on any atom is -0.341 e. The lowest BCUT2D eigenvalue weighted by atomic mass is 9.86. The first-order chi connectivity index (χ1) is 12.4. The van der Waals surface area contributed by atoms with Crippen LogP contribution in [0.15, 0.2) is 79.1 Å². The fourth-order valence-electron chi connectivity index (χ4n) is 2.89. The number of carbonyl (C=O) groups excluding carboxylic acids is 1. The van der Waals surface area contributed by atoms with Gasteiger partial charge in [-0.3, -0.25) is 9.78 Å². The van der Waals surface area contributed by atoms with Crippen molar-refractivity contribution >= 4 is 5.91 Å². The second-order valence-corrected chi connectivity index (χ2v) is 7.43. The van der Waals surface area contributed by atoms with Crippen molar-refractivity contribution in [3.63, 3.8) is 0 Å². The Morgan fingerprint density at radius 1 is 0.885 bits per heavy atom. The molecule has 0 aliphatic heterocycles. The van der Waals surface area contributed by atoms with Crippen LogP contribution in [0.1, 0.15) is 53.9 Å². The van der Waals surface area contributed by atoms with Gasteiger partial charge in [0.15, 0.2) is 0 Å². The lowest BCUT2D eigenvalue weighted by molar-refractivity contribution is 0.0943. The van der Waals surface area contributed by atoms with E-state index in [-0.39, 0.29) is 17.4 Å². The molecule has 0 saturated heterocycles. The molecule has 1 amide bonds. The number of nitrogens with one attached hydrogen (secondary N) is 1. The zero-order chi connectivity index (χ0) is 18.6. The highest BCUT2D eigenvalue weighted by Crippen LogP contribution is 2.24. The Hall–Kier alpha value is -2.94. The second kappa shape index (κ2) is 7.52. The van der Waals surface area contributed by atoms with E-state index in [9.17, 15) is 4.79 Å². The number of carbonyl (C=O) groups is 1. The van der Waals surface area contributed by atoms with Gasteiger partial charge in [0.25, 0.3) is 5.91 Å². The van der Waals surface area contributed by atoms with Crippen molar-refractivity contribution < 1.29 is 4.79 Å². The average molecular weight is 344 g/mol. The van der Waals surface area contributed by atoms with Gasteiger partial charge in [-0.15, -0.1) is 0 Å². The second-order valence-electron chi connectivity index (χ2n) is 7.43. The van der Waals surface area contributed by atoms with Crippen LogP contribution in [0.25, 0.3) is 0 Å². The van der Waals surface area contributed by atoms with Gasteiger partial charge in [-0.25, -0.2) is 0 Å². The highest BCUT2D eigenvalue weighted by Gasteiger charge is 2.19. The summed E-state index contributed by atoms with van der Waals surface area (Å²) in [6, 6.07) is 21.4. The largest absolute Gasteiger partial charge is 0.341 e. The molecule has 0 spiro atoms. The van der Waals surface area contributed by atoms with E-state index in [1.54, 1.807) is 12.4 Å². The Morgan fingerprint density at radius 2 is 1.54 bits per heavy atom. The number of pyridine rings is 1. The fourth-order valence-corrected chi connectivity index (χ4v) is 2.89. The van der Waals surface area contributed by atoms with Crippen LogP contribution < -0.4 is 5.32 Å². The Balaban J connectivity index is 1.86. The molecule has 3 aromatic rings. The normalized spacial score (nSPS) is 12.4. The SMILES string of the molecule is CC(C)(C)c1ccc(C(=O)N[C@H](c2ccccc2)c2cccnc2)cc1. The fraction of sp³-hybridized carbons (Fsp3) is 0.217. The van der Waals surface area contributed by atoms with Gasteiger partial charge in [0.05, 0.1) is 6.04 Å². The zero-order valence-corrected chi connectivity index (χ0v) is 15.4. The van der Waals surface area contributed by atoms with E-state index in [1.165, 1.54) is 5.56 Å². The topological polar surface area (TPSA) is 42.0 Å². The molecule has 0 aliphatic rings. The molecule has 0 fully saturated rings. The molecular formula is C23H24N2O. The summed E-state index contributed by atoms with van der Waals surface area (Å²) in [5, 5.41) is 3.15. The Labute approximate surface area is 155 Å². The summed E-state index contributed by atoms with van der Waals surface area (Å²) >= 11 is 0. The summed E-state index contributed by atoms with van der Waals surface area (Å²) in [6.45, 7) is 6.49. The molecule has 2 aromatic carbocycles. The molecule has 0 unspecified atom stereocenters. The predicted octanol–water partition coefficient (Wildman–Crippen LogP) is 4.90. The summed E-state index contributed by atoms with van der Waals surface area (Å²) in [5.74, 6) is -0.0943. The van der Waals surface area contributed by atoms with Crippen molar-refractivity contribution in [2.24, 2.45) is 0 Å². The molecule has 0 radical (unpaired) electrons. The third kappa shape index (κ3) is 4.17. The highest BCUT2D eigenvalue weighted by molar-refractivity contribution is 5.94. The Kier molecular flexibility index (Phi) is 5.17. The van der Waals surface area contributed by atoms with E-state index in [4.69, 9.17) is 0 Å². The maximum atomic E-state index is 12.8. The van der Waals surface area contributed by atoms with Crippen LogP contribution in [0.2, 0.25) is 0 Å². The third-order valence-corrected chi connectivity index (χ3v) is 4.44. The number of hydrogen-bond acceptors (Lipinski definition) is 2. The molecule has 1 heterocycles. The van der Waals surface area contributed by atoms with Crippen LogP contribution in [0.4, 0.5) is 0 Å². The van der Waals surface area contributed by atoms with Crippen LogP contribution in [0.3, 0.4) is 0 Å². The molecule has 26 heavy (non-hydrogen) atoms. The molecule has 0 bridgehead atoms. The van der Waals surface area contributed by atoms with Crippen LogP contribution in [-0.4, -0.2) is 10.9 Å². The Morgan fingerprint density at radius 3 is 2.12 bits per heavy atom. The average Bonchev–Trinajstić information content (AvgIpc) is 2.67. The molecule has 1 N–H and O–H groups in total. The molecule has 0 aliphatic carbocycles. The van der Waals surface area contributed by atoms with Gasteiger partial charge < -0.3 is 5.32 Å². The summed E-state index contributed by atoms with van der Waals surface area (Å²) in [5.41, 5.74) is 3.92. The molecular weight excluding hydrogens is 320 g/mol. The predicted molar refractivity (Wildman–Crippen MR) is 105 cm³/mol. The first kappa shape index (κ1) is 17.9. The molecule has 132 valence electrons. The van der Waals surface area contributed by atoms with Crippen molar-refractivity contribution in [1.82, 2.24) is 10.3 Å². The number of amides is 1. The lowest BCUT2D eigenvalue weighted by Gasteiger charge is -2.21. The molecule has 3 heteroatoms. The van der Waals surface area contributed by atoms with Gasteiger partial charge in [-0.1, -0.05) is 69.3 Å². The zero-order valence-electron chi connectivity index (χ0n) is 15.4. The minimum absolute atomic E-state index is 0.0668. The van der Waals surface area contributed by atoms with Crippen molar-refractivity contribution in [3.8, 4) is 0 Å². The van der Waals surface area contributed by atoms with Gasteiger partial charge in [-0.2, -0.15) is 0 Å². The number of aromatic nitrogens is 1. The molecule has 1 aromatic heterocycles. The number of nitrogens with zero attached hydrogens (tertiary/aromatic N) is 1. The van der Waals surface area contributed by atoms with Crippen LogP contribution in [0, 0.1) is 0 Å². The van der Waals surface area contributed by atoms with Crippen molar-refractivity contribution in [2.45, 2.75) is 32.2 Å². The maximum Gasteiger partial charge on any atom is 0.252 e. The molecule has 0 saturated carbocycles. The molecule has 3 nitrogen and oxygen atoms in total. The van der Waals surface area contributed by atoms with E-state index in [0.717, 1.165) is 11.1 Å². The lowest BCUT2D eigenvalue weighted by Crippen LogP contribution is -2.29. The van der Waals surface area contributed by atoms with Crippen LogP contribution >= 0.6 is 0 Å². The Bertz CT molecular complexity index is 811. The summed E-state index contributed by atoms with van der Waals surface area (Å²) in [7, 11) is 0. The van der Waals surface area contributed by atoms with Crippen molar-refractivity contribution in [1.29, 1.82) is 0 Å². The molecule has 3 rings (SSSR count). The van der Waals surface area contributed by atoms with E-state index in [0.29, 0.717) is 5.56 Å². The summed E-state index contributed by atoms with van der Waals surface area (Å²) in [6.07, 6.45) is 3.53. The van der Waals surface area contributed by atoms with E-state index < -0.39 is 0 Å². The van der Waals surface area contributed by atoms with E-state index in [1.807, 2.05) is 66.7 Å². The first-order valence-electron chi connectivity index (χ1n) is 8.81. The number of rotatable bonds is 4. The quantitative estimate of drug-likeness (QED) is 0.731. The van der Waals surface area contributed by atoms with Gasteiger partial charge in [0, 0.05) is 18.0 Å². The van der Waals surface area contributed by atoms with E-state index >= 15 is 0 Å². The van der Waals surface area contributed by atoms with E-state index in [2.05, 4.69) is 31.1 Å². The van der Waals surface area contributed by atoms with Gasteiger partial charge in [0.1, 0.15) is 0 Å². The monoisotopic (exact) mass is 344 g/mol. The third-order valence-electron chi connectivity index (χ3n) is 4.44. The first-order valence-corrected chi connectivity index (χ1v) is 8.81. The van der Waals surface area contributed by atoms with Crippen molar-refractivity contribution in [2.75, 3.05) is 0 Å². The van der Waals surface area contributed by atoms with Crippen LogP contribution in [-0.2, 0) is 5.41 Å². The van der Waals surface area contributed by atoms with Crippen LogP contribution in [0.5, 0.6) is 0 Å². The highest BCUT2D eigenvalue weighted by atomic mass is 16.1. The van der Waals surface area contributed by atoms with Gasteiger partial charge in [0.2, 0.25) is 0 Å². The number of hydrogen-bond donors (Lipinski definition) is 1. The minimum atomic E-state index is -0.236. The summed E-state index contributed by atoms with van der Waals surface area (Å²) < 4.78 is 0. The van der Waals surface area contributed by atoms with Crippen molar-refractivity contribution in [3.05, 3.63) is 101 Å². The number of benzene rings is 2. The standard InChI is InChI=1S/C23H24N2O/c1-23(2,3)20-13-11-18(12-14-20)22(26)25-21(17-8-5-4-6-9-17)19-10-7-15-24-16-19/h4-16,21H,1-3H3,(H,25,26)/t21-/m1/s1. The summed E-state index contributed by atoms with van der Waals surface area (Å²) in [4.78, 5) is 17.0.